The molecule has 0 saturated carbocycles. The van der Waals surface area contributed by atoms with Crippen molar-refractivity contribution in [3.63, 3.8) is 0 Å². The summed E-state index contributed by atoms with van der Waals surface area (Å²) in [7, 11) is 0. The van der Waals surface area contributed by atoms with Crippen molar-refractivity contribution < 1.29 is 58.5 Å². The van der Waals surface area contributed by atoms with E-state index in [9.17, 15) is 44.3 Å². The van der Waals surface area contributed by atoms with Crippen LogP contribution in [0.1, 0.15) is 18.4 Å². The van der Waals surface area contributed by atoms with E-state index < -0.39 is 36.7 Å². The van der Waals surface area contributed by atoms with Crippen LogP contribution in [0.25, 0.3) is 0 Å². The first kappa shape index (κ1) is 28.4. The number of benzene rings is 1. The van der Waals surface area contributed by atoms with Gasteiger partial charge in [-0.1, -0.05) is 6.07 Å². The Hall–Kier alpha value is -2.62. The minimum absolute atomic E-state index is 0.00550. The summed E-state index contributed by atoms with van der Waals surface area (Å²) in [4.78, 5) is 16.2. The van der Waals surface area contributed by atoms with Gasteiger partial charge >= 0.3 is 24.8 Å². The molecule has 0 aromatic heterocycles. The molecular formula is C22H24F9N3O4. The molecule has 1 amide bonds. The third-order valence-corrected chi connectivity index (χ3v) is 6.52. The molecule has 0 aliphatic carbocycles. The molecule has 3 heterocycles. The Morgan fingerprint density at radius 1 is 0.921 bits per heavy atom. The molecule has 0 radical (unpaired) electrons. The van der Waals surface area contributed by atoms with Crippen molar-refractivity contribution in [1.29, 1.82) is 0 Å². The van der Waals surface area contributed by atoms with E-state index in [1.807, 2.05) is 4.90 Å². The first-order valence-corrected chi connectivity index (χ1v) is 11.7. The van der Waals surface area contributed by atoms with Gasteiger partial charge in [0.05, 0.1) is 12.2 Å². The van der Waals surface area contributed by atoms with Gasteiger partial charge in [0, 0.05) is 63.1 Å². The predicted octanol–water partition coefficient (Wildman–Crippen LogP) is 4.70. The van der Waals surface area contributed by atoms with Gasteiger partial charge in [-0.05, 0) is 18.9 Å². The van der Waals surface area contributed by atoms with E-state index in [0.29, 0.717) is 23.7 Å². The standard InChI is InChI=1S/C22H24F9N3O4/c23-20(24,25)18(21(26,27)28)37-19(35)33-7-5-32(6-8-33)10-13-1-2-14(9-17(13)38-22(29,30)31)34-11-15-3-4-16(12-34)36-15/h1-2,9,15-16,18H,3-8,10-12H2. The summed E-state index contributed by atoms with van der Waals surface area (Å²) in [6.07, 6.45) is -20.9. The van der Waals surface area contributed by atoms with E-state index in [2.05, 4.69) is 9.47 Å². The second-order valence-corrected chi connectivity index (χ2v) is 9.31. The lowest BCUT2D eigenvalue weighted by molar-refractivity contribution is -0.308. The zero-order valence-electron chi connectivity index (χ0n) is 19.7. The molecule has 2 atom stereocenters. The normalized spacial score (nSPS) is 23.2. The Balaban J connectivity index is 1.39. The lowest BCUT2D eigenvalue weighted by Crippen LogP contribution is -2.52. The van der Waals surface area contributed by atoms with Gasteiger partial charge in [-0.2, -0.15) is 26.3 Å². The van der Waals surface area contributed by atoms with Crippen molar-refractivity contribution in [1.82, 2.24) is 9.80 Å². The van der Waals surface area contributed by atoms with E-state index >= 15 is 0 Å². The smallest absolute Gasteiger partial charge is 0.426 e. The Kier molecular flexibility index (Phi) is 7.85. The van der Waals surface area contributed by atoms with E-state index in [1.54, 1.807) is 11.0 Å². The average molecular weight is 565 g/mol. The maximum absolute atomic E-state index is 13.1. The fourth-order valence-electron chi connectivity index (χ4n) is 4.74. The highest BCUT2D eigenvalue weighted by Gasteiger charge is 2.60. The number of rotatable bonds is 5. The summed E-state index contributed by atoms with van der Waals surface area (Å²) in [5.74, 6) is -0.422. The lowest BCUT2D eigenvalue weighted by atomic mass is 10.1. The second-order valence-electron chi connectivity index (χ2n) is 9.31. The van der Waals surface area contributed by atoms with Crippen LogP contribution < -0.4 is 9.64 Å². The number of ether oxygens (including phenoxy) is 3. The van der Waals surface area contributed by atoms with E-state index in [1.165, 1.54) is 12.1 Å². The van der Waals surface area contributed by atoms with Crippen molar-refractivity contribution in [3.05, 3.63) is 23.8 Å². The van der Waals surface area contributed by atoms with E-state index in [-0.39, 0.29) is 50.5 Å². The fourth-order valence-corrected chi connectivity index (χ4v) is 4.74. The largest absolute Gasteiger partial charge is 0.573 e. The van der Waals surface area contributed by atoms with Crippen LogP contribution in [0.5, 0.6) is 5.75 Å². The number of amides is 1. The van der Waals surface area contributed by atoms with Gasteiger partial charge in [-0.25, -0.2) is 4.79 Å². The van der Waals surface area contributed by atoms with Crippen LogP contribution in [0.15, 0.2) is 18.2 Å². The van der Waals surface area contributed by atoms with Crippen LogP contribution in [-0.2, 0) is 16.0 Å². The molecule has 0 spiro atoms. The number of hydrogen-bond donors (Lipinski definition) is 0. The molecule has 16 heteroatoms. The number of hydrogen-bond acceptors (Lipinski definition) is 6. The van der Waals surface area contributed by atoms with Gasteiger partial charge in [-0.15, -0.1) is 13.2 Å². The molecule has 3 aliphatic rings. The summed E-state index contributed by atoms with van der Waals surface area (Å²) in [6, 6.07) is 4.42. The van der Waals surface area contributed by atoms with Crippen molar-refractivity contribution in [2.75, 3.05) is 44.2 Å². The summed E-state index contributed by atoms with van der Waals surface area (Å²) in [5, 5.41) is 0. The maximum atomic E-state index is 13.1. The van der Waals surface area contributed by atoms with Crippen molar-refractivity contribution in [2.45, 2.75) is 56.4 Å². The quantitative estimate of drug-likeness (QED) is 0.483. The van der Waals surface area contributed by atoms with E-state index in [0.717, 1.165) is 12.8 Å². The van der Waals surface area contributed by atoms with Crippen LogP contribution in [0, 0.1) is 0 Å². The summed E-state index contributed by atoms with van der Waals surface area (Å²) >= 11 is 0. The number of nitrogens with zero attached hydrogens (tertiary/aromatic N) is 3. The van der Waals surface area contributed by atoms with Gasteiger partial charge < -0.3 is 24.0 Å². The Morgan fingerprint density at radius 3 is 2.03 bits per heavy atom. The molecule has 4 rings (SSSR count). The number of carbonyl (C=O) groups excluding carboxylic acids is 1. The number of carbonyl (C=O) groups is 1. The number of piperazine rings is 1. The number of anilines is 1. The molecule has 214 valence electrons. The summed E-state index contributed by atoms with van der Waals surface area (Å²) in [5.41, 5.74) is 0.706. The van der Waals surface area contributed by atoms with Gasteiger partial charge in [0.15, 0.2) is 0 Å². The van der Waals surface area contributed by atoms with E-state index in [4.69, 9.17) is 4.74 Å². The molecule has 38 heavy (non-hydrogen) atoms. The van der Waals surface area contributed by atoms with Crippen molar-refractivity contribution in [3.8, 4) is 5.75 Å². The number of halogens is 9. The first-order chi connectivity index (χ1) is 17.6. The van der Waals surface area contributed by atoms with Gasteiger partial charge in [0.2, 0.25) is 0 Å². The molecule has 3 fully saturated rings. The molecule has 0 N–H and O–H groups in total. The monoisotopic (exact) mass is 565 g/mol. The van der Waals surface area contributed by atoms with Crippen molar-refractivity contribution in [2.24, 2.45) is 0 Å². The van der Waals surface area contributed by atoms with Gasteiger partial charge in [0.1, 0.15) is 5.75 Å². The lowest BCUT2D eigenvalue weighted by Gasteiger charge is -2.36. The fraction of sp³-hybridized carbons (Fsp3) is 0.682. The van der Waals surface area contributed by atoms with Crippen LogP contribution in [0.2, 0.25) is 0 Å². The molecule has 3 aliphatic heterocycles. The highest BCUT2D eigenvalue weighted by atomic mass is 19.4. The molecule has 3 saturated heterocycles. The number of alkyl halides is 9. The summed E-state index contributed by atoms with van der Waals surface area (Å²) < 4.78 is 129. The minimum Gasteiger partial charge on any atom is -0.426 e. The van der Waals surface area contributed by atoms with Crippen LogP contribution in [-0.4, -0.2) is 92.2 Å². The zero-order chi connectivity index (χ0) is 27.9. The highest BCUT2D eigenvalue weighted by Crippen LogP contribution is 2.37. The predicted molar refractivity (Wildman–Crippen MR) is 112 cm³/mol. The van der Waals surface area contributed by atoms with Gasteiger partial charge in [-0.3, -0.25) is 4.90 Å². The average Bonchev–Trinajstić information content (AvgIpc) is 3.13. The Morgan fingerprint density at radius 2 is 1.50 bits per heavy atom. The third kappa shape index (κ3) is 7.07. The number of fused-ring (bicyclic) bond motifs is 2. The molecular weight excluding hydrogens is 541 g/mol. The van der Waals surface area contributed by atoms with Crippen LogP contribution in [0.4, 0.5) is 50.0 Å². The number of morpholine rings is 1. The molecule has 2 unspecified atom stereocenters. The van der Waals surface area contributed by atoms with Crippen LogP contribution >= 0.6 is 0 Å². The topological polar surface area (TPSA) is 54.5 Å². The first-order valence-electron chi connectivity index (χ1n) is 11.7. The zero-order valence-corrected chi connectivity index (χ0v) is 19.7. The molecule has 1 aromatic carbocycles. The molecule has 1 aromatic rings. The maximum Gasteiger partial charge on any atom is 0.573 e. The molecule has 2 bridgehead atoms. The Labute approximate surface area is 211 Å². The van der Waals surface area contributed by atoms with Crippen molar-refractivity contribution >= 4 is 11.8 Å². The van der Waals surface area contributed by atoms with Gasteiger partial charge in [0.25, 0.3) is 6.10 Å². The summed E-state index contributed by atoms with van der Waals surface area (Å²) in [6.45, 7) is 0.370. The minimum atomic E-state index is -5.84. The second kappa shape index (κ2) is 10.5. The Bertz CT molecular complexity index is 968. The third-order valence-electron chi connectivity index (χ3n) is 6.52. The molecule has 7 nitrogen and oxygen atoms in total. The van der Waals surface area contributed by atoms with Crippen LogP contribution in [0.3, 0.4) is 0 Å². The SMILES string of the molecule is O=C(OC(C(F)(F)F)C(F)(F)F)N1CCN(Cc2ccc(N3CC4CCC(C3)O4)cc2OC(F)(F)F)CC1. The highest BCUT2D eigenvalue weighted by molar-refractivity contribution is 5.68.